The molecule has 0 aliphatic heterocycles. The highest BCUT2D eigenvalue weighted by Crippen LogP contribution is 2.29. The molecular weight excluding hydrogens is 501 g/mol. The molecule has 4 aromatic heterocycles. The molecule has 0 atom stereocenters. The molecule has 2 N–H and O–H groups in total. The van der Waals surface area contributed by atoms with Crippen LogP contribution in [0.4, 0.5) is 24.7 Å². The zero-order valence-electron chi connectivity index (χ0n) is 20.2. The Balaban J connectivity index is 1.59. The molecule has 4 aromatic rings. The van der Waals surface area contributed by atoms with Crippen molar-refractivity contribution < 1.29 is 27.5 Å². The number of pyridine rings is 4. The molecule has 0 aliphatic carbocycles. The van der Waals surface area contributed by atoms with Gasteiger partial charge in [-0.15, -0.1) is 0 Å². The molecule has 4 rings (SSSR count). The van der Waals surface area contributed by atoms with Gasteiger partial charge in [0, 0.05) is 41.9 Å². The van der Waals surface area contributed by atoms with Crippen LogP contribution in [-0.4, -0.2) is 45.5 Å². The average Bonchev–Trinajstić information content (AvgIpc) is 2.89. The number of rotatable bonds is 7. The number of anilines is 2. The lowest BCUT2D eigenvalue weighted by molar-refractivity contribution is -0.141. The molecule has 0 saturated carbocycles. The van der Waals surface area contributed by atoms with Crippen LogP contribution in [0, 0.1) is 6.92 Å². The number of nitrogens with zero attached hydrogens (tertiary/aromatic N) is 4. The maximum Gasteiger partial charge on any atom is 0.433 e. The Morgan fingerprint density at radius 2 is 1.71 bits per heavy atom. The number of methoxy groups -OCH3 is 1. The van der Waals surface area contributed by atoms with E-state index in [4.69, 9.17) is 9.72 Å². The highest BCUT2D eigenvalue weighted by atomic mass is 19.4. The minimum Gasteiger partial charge on any atom is -0.375 e. The van der Waals surface area contributed by atoms with Gasteiger partial charge in [0.15, 0.2) is 0 Å². The van der Waals surface area contributed by atoms with Crippen LogP contribution in [-0.2, 0) is 15.7 Å². The summed E-state index contributed by atoms with van der Waals surface area (Å²) >= 11 is 0. The summed E-state index contributed by atoms with van der Waals surface area (Å²) < 4.78 is 43.7. The third kappa shape index (κ3) is 6.34. The lowest BCUT2D eigenvalue weighted by atomic mass is 10.1. The fraction of sp³-hybridized carbons (Fsp3) is 0.154. The van der Waals surface area contributed by atoms with Gasteiger partial charge in [0.2, 0.25) is 0 Å². The van der Waals surface area contributed by atoms with E-state index in [0.29, 0.717) is 40.1 Å². The molecule has 0 radical (unpaired) electrons. The van der Waals surface area contributed by atoms with Gasteiger partial charge in [-0.1, -0.05) is 6.07 Å². The Hall–Kier alpha value is -4.71. The molecular formula is C26H21F3N6O3. The first-order chi connectivity index (χ1) is 18.1. The molecule has 38 heavy (non-hydrogen) atoms. The van der Waals surface area contributed by atoms with Crippen molar-refractivity contribution in [2.24, 2.45) is 0 Å². The fourth-order valence-electron chi connectivity index (χ4n) is 3.50. The van der Waals surface area contributed by atoms with Crippen LogP contribution < -0.4 is 10.6 Å². The molecule has 194 valence electrons. The Morgan fingerprint density at radius 3 is 2.47 bits per heavy atom. The number of carbonyl (C=O) groups is 2. The van der Waals surface area contributed by atoms with Gasteiger partial charge in [-0.25, -0.2) is 9.97 Å². The minimum absolute atomic E-state index is 0.108. The molecule has 0 bridgehead atoms. The largest absolute Gasteiger partial charge is 0.433 e. The van der Waals surface area contributed by atoms with Crippen molar-refractivity contribution in [3.05, 3.63) is 84.1 Å². The number of aryl methyl sites for hydroxylation is 1. The van der Waals surface area contributed by atoms with E-state index in [1.165, 1.54) is 19.4 Å². The molecule has 12 heteroatoms. The van der Waals surface area contributed by atoms with E-state index in [1.54, 1.807) is 49.5 Å². The van der Waals surface area contributed by atoms with Crippen LogP contribution in [0.1, 0.15) is 21.7 Å². The molecule has 0 spiro atoms. The minimum atomic E-state index is -4.67. The second-order valence-electron chi connectivity index (χ2n) is 8.06. The molecule has 0 aliphatic rings. The number of halogens is 3. The highest BCUT2D eigenvalue weighted by molar-refractivity contribution is 6.04. The van der Waals surface area contributed by atoms with Crippen LogP contribution in [0.5, 0.6) is 0 Å². The summed E-state index contributed by atoms with van der Waals surface area (Å²) in [6.45, 7) is 1.66. The van der Waals surface area contributed by atoms with Gasteiger partial charge < -0.3 is 15.4 Å². The zero-order chi connectivity index (χ0) is 27.3. The number of alkyl halides is 3. The van der Waals surface area contributed by atoms with Crippen molar-refractivity contribution >= 4 is 23.3 Å². The molecule has 9 nitrogen and oxygen atoms in total. The molecule has 4 heterocycles. The second-order valence-corrected chi connectivity index (χ2v) is 8.06. The number of amides is 2. The fourth-order valence-corrected chi connectivity index (χ4v) is 3.50. The Labute approximate surface area is 215 Å². The number of aromatic nitrogens is 4. The van der Waals surface area contributed by atoms with Crippen molar-refractivity contribution in [1.29, 1.82) is 0 Å². The number of ether oxygens (including phenoxy) is 1. The van der Waals surface area contributed by atoms with Gasteiger partial charge >= 0.3 is 6.18 Å². The van der Waals surface area contributed by atoms with Gasteiger partial charge in [0.25, 0.3) is 11.8 Å². The van der Waals surface area contributed by atoms with E-state index in [9.17, 15) is 22.8 Å². The first kappa shape index (κ1) is 26.4. The van der Waals surface area contributed by atoms with Crippen LogP contribution in [0.15, 0.2) is 67.1 Å². The zero-order valence-corrected chi connectivity index (χ0v) is 20.2. The topological polar surface area (TPSA) is 119 Å². The van der Waals surface area contributed by atoms with Crippen molar-refractivity contribution in [3.8, 4) is 22.5 Å². The van der Waals surface area contributed by atoms with Crippen LogP contribution in [0.25, 0.3) is 22.5 Å². The summed E-state index contributed by atoms with van der Waals surface area (Å²) in [5, 5.41) is 5.21. The van der Waals surface area contributed by atoms with Crippen molar-refractivity contribution in [1.82, 2.24) is 19.9 Å². The predicted molar refractivity (Wildman–Crippen MR) is 133 cm³/mol. The summed E-state index contributed by atoms with van der Waals surface area (Å²) in [6.07, 6.45) is -0.793. The highest BCUT2D eigenvalue weighted by Gasteiger charge is 2.33. The predicted octanol–water partition coefficient (Wildman–Crippen LogP) is 4.77. The number of nitrogens with one attached hydrogen (secondary N) is 2. The number of carbonyl (C=O) groups excluding carboxylic acids is 2. The van der Waals surface area contributed by atoms with E-state index >= 15 is 0 Å². The lowest BCUT2D eigenvalue weighted by Gasteiger charge is -2.12. The molecule has 0 saturated heterocycles. The monoisotopic (exact) mass is 522 g/mol. The van der Waals surface area contributed by atoms with Gasteiger partial charge in [0.05, 0.1) is 23.3 Å². The van der Waals surface area contributed by atoms with E-state index in [0.717, 1.165) is 6.20 Å². The first-order valence-corrected chi connectivity index (χ1v) is 11.2. The standard InChI is InChI=1S/C26H21F3N6O3/c1-15-19(12-18(13-32-15)33-25(37)17-7-8-30-22(10-17)26(27,28)29)21-5-3-4-20(34-21)16-6-9-31-23(11-16)35-24(36)14-38-2/h3-13H,14H2,1-2H3,(H,33,37)(H,31,35,36). The number of hydrogen-bond donors (Lipinski definition) is 2. The Morgan fingerprint density at radius 1 is 0.947 bits per heavy atom. The van der Waals surface area contributed by atoms with Gasteiger partial charge in [0.1, 0.15) is 18.1 Å². The Kier molecular flexibility index (Phi) is 7.72. The van der Waals surface area contributed by atoms with Crippen molar-refractivity contribution in [2.45, 2.75) is 13.1 Å². The smallest absolute Gasteiger partial charge is 0.375 e. The van der Waals surface area contributed by atoms with E-state index in [1.807, 2.05) is 0 Å². The van der Waals surface area contributed by atoms with Crippen molar-refractivity contribution in [3.63, 3.8) is 0 Å². The average molecular weight is 522 g/mol. The molecule has 2 amide bonds. The third-order valence-corrected chi connectivity index (χ3v) is 5.28. The van der Waals surface area contributed by atoms with Crippen LogP contribution >= 0.6 is 0 Å². The lowest BCUT2D eigenvalue weighted by Crippen LogP contribution is -2.17. The van der Waals surface area contributed by atoms with Crippen LogP contribution in [0.2, 0.25) is 0 Å². The van der Waals surface area contributed by atoms with E-state index in [-0.39, 0.29) is 23.8 Å². The van der Waals surface area contributed by atoms with Gasteiger partial charge in [-0.3, -0.25) is 19.6 Å². The second kappa shape index (κ2) is 11.1. The van der Waals surface area contributed by atoms with Crippen molar-refractivity contribution in [2.75, 3.05) is 24.4 Å². The summed E-state index contributed by atoms with van der Waals surface area (Å²) in [7, 11) is 1.42. The maximum atomic E-state index is 13.0. The molecule has 0 fully saturated rings. The van der Waals surface area contributed by atoms with Crippen LogP contribution in [0.3, 0.4) is 0 Å². The SMILES string of the molecule is COCC(=O)Nc1cc(-c2cccc(-c3cc(NC(=O)c4ccnc(C(F)(F)F)c4)cnc3C)n2)ccn1. The van der Waals surface area contributed by atoms with E-state index < -0.39 is 17.8 Å². The Bertz CT molecular complexity index is 1490. The summed E-state index contributed by atoms with van der Waals surface area (Å²) in [4.78, 5) is 40.8. The summed E-state index contributed by atoms with van der Waals surface area (Å²) in [5.74, 6) is -0.749. The summed E-state index contributed by atoms with van der Waals surface area (Å²) in [5.41, 5.74) is 2.00. The molecule has 0 unspecified atom stereocenters. The maximum absolute atomic E-state index is 13.0. The van der Waals surface area contributed by atoms with E-state index in [2.05, 4.69) is 25.6 Å². The van der Waals surface area contributed by atoms with Gasteiger partial charge in [-0.05, 0) is 49.4 Å². The van der Waals surface area contributed by atoms with Gasteiger partial charge in [-0.2, -0.15) is 13.2 Å². The normalized spacial score (nSPS) is 11.2. The molecule has 0 aromatic carbocycles. The quantitative estimate of drug-likeness (QED) is 0.359. The first-order valence-electron chi connectivity index (χ1n) is 11.2. The summed E-state index contributed by atoms with van der Waals surface area (Å²) in [6, 6.07) is 12.3. The third-order valence-electron chi connectivity index (χ3n) is 5.28. The number of hydrogen-bond acceptors (Lipinski definition) is 7.